The van der Waals surface area contributed by atoms with E-state index in [2.05, 4.69) is 4.98 Å². The van der Waals surface area contributed by atoms with Crippen LogP contribution in [0.3, 0.4) is 0 Å². The van der Waals surface area contributed by atoms with Crippen molar-refractivity contribution in [3.05, 3.63) is 16.6 Å². The van der Waals surface area contributed by atoms with Crippen molar-refractivity contribution in [1.82, 2.24) is 9.88 Å². The van der Waals surface area contributed by atoms with Crippen LogP contribution in [-0.2, 0) is 4.79 Å². The van der Waals surface area contributed by atoms with Gasteiger partial charge in [-0.2, -0.15) is 0 Å². The first-order valence-electron chi connectivity index (χ1n) is 5.57. The molecule has 1 amide bonds. The average molecular weight is 240 g/mol. The highest BCUT2D eigenvalue weighted by Crippen LogP contribution is 2.28. The SMILES string of the molecule is CCC(=O)N1CCC(O)C(c2nccs2)C1. The van der Waals surface area contributed by atoms with Gasteiger partial charge in [0.25, 0.3) is 0 Å². The Morgan fingerprint density at radius 1 is 1.75 bits per heavy atom. The summed E-state index contributed by atoms with van der Waals surface area (Å²) in [4.78, 5) is 17.7. The standard InChI is InChI=1S/C11H16N2O2S/c1-2-10(15)13-5-3-9(14)8(7-13)11-12-4-6-16-11/h4,6,8-9,14H,2-3,5,7H2,1H3. The van der Waals surface area contributed by atoms with E-state index in [1.807, 2.05) is 17.2 Å². The lowest BCUT2D eigenvalue weighted by atomic mass is 9.95. The van der Waals surface area contributed by atoms with E-state index in [9.17, 15) is 9.90 Å². The Kier molecular flexibility index (Phi) is 3.56. The normalized spacial score (nSPS) is 25.8. The number of aromatic nitrogens is 1. The van der Waals surface area contributed by atoms with Crippen LogP contribution in [0.25, 0.3) is 0 Å². The molecule has 2 heterocycles. The van der Waals surface area contributed by atoms with Crippen LogP contribution < -0.4 is 0 Å². The zero-order valence-electron chi connectivity index (χ0n) is 9.30. The first-order valence-corrected chi connectivity index (χ1v) is 6.45. The summed E-state index contributed by atoms with van der Waals surface area (Å²) in [6, 6.07) is 0. The Morgan fingerprint density at radius 2 is 2.56 bits per heavy atom. The summed E-state index contributed by atoms with van der Waals surface area (Å²) in [6.07, 6.45) is 2.55. The predicted molar refractivity (Wildman–Crippen MR) is 62.3 cm³/mol. The molecule has 2 atom stereocenters. The number of aliphatic hydroxyl groups is 1. The molecule has 0 aliphatic carbocycles. The Balaban J connectivity index is 2.09. The van der Waals surface area contributed by atoms with E-state index in [-0.39, 0.29) is 17.9 Å². The summed E-state index contributed by atoms with van der Waals surface area (Å²) in [5.41, 5.74) is 0. The van der Waals surface area contributed by atoms with Gasteiger partial charge in [-0.15, -0.1) is 11.3 Å². The highest BCUT2D eigenvalue weighted by Gasteiger charge is 2.32. The van der Waals surface area contributed by atoms with E-state index < -0.39 is 0 Å². The van der Waals surface area contributed by atoms with Gasteiger partial charge < -0.3 is 10.0 Å². The summed E-state index contributed by atoms with van der Waals surface area (Å²) in [6.45, 7) is 3.13. The van der Waals surface area contributed by atoms with E-state index in [1.165, 1.54) is 0 Å². The molecule has 88 valence electrons. The molecule has 1 N–H and O–H groups in total. The van der Waals surface area contributed by atoms with Crippen molar-refractivity contribution in [3.63, 3.8) is 0 Å². The number of likely N-dealkylation sites (tertiary alicyclic amines) is 1. The van der Waals surface area contributed by atoms with Crippen LogP contribution in [0.4, 0.5) is 0 Å². The van der Waals surface area contributed by atoms with Crippen LogP contribution in [0.5, 0.6) is 0 Å². The van der Waals surface area contributed by atoms with Crippen molar-refractivity contribution in [3.8, 4) is 0 Å². The summed E-state index contributed by atoms with van der Waals surface area (Å²) < 4.78 is 0. The van der Waals surface area contributed by atoms with Gasteiger partial charge in [0.15, 0.2) is 0 Å². The van der Waals surface area contributed by atoms with Crippen LogP contribution in [0.1, 0.15) is 30.7 Å². The van der Waals surface area contributed by atoms with Crippen molar-refractivity contribution in [2.75, 3.05) is 13.1 Å². The Hall–Kier alpha value is -0.940. The second-order valence-electron chi connectivity index (χ2n) is 4.03. The number of hydrogen-bond acceptors (Lipinski definition) is 4. The van der Waals surface area contributed by atoms with Crippen molar-refractivity contribution in [1.29, 1.82) is 0 Å². The van der Waals surface area contributed by atoms with Crippen molar-refractivity contribution in [2.24, 2.45) is 0 Å². The fraction of sp³-hybridized carbons (Fsp3) is 0.636. The second kappa shape index (κ2) is 4.93. The number of piperidine rings is 1. The van der Waals surface area contributed by atoms with Crippen molar-refractivity contribution >= 4 is 17.2 Å². The third-order valence-electron chi connectivity index (χ3n) is 3.00. The molecule has 1 aliphatic heterocycles. The molecule has 5 heteroatoms. The Morgan fingerprint density at radius 3 is 3.19 bits per heavy atom. The minimum absolute atomic E-state index is 0.00995. The van der Waals surface area contributed by atoms with Crippen LogP contribution in [0.2, 0.25) is 0 Å². The van der Waals surface area contributed by atoms with Gasteiger partial charge in [-0.1, -0.05) is 6.92 Å². The van der Waals surface area contributed by atoms with E-state index in [1.54, 1.807) is 17.5 Å². The lowest BCUT2D eigenvalue weighted by Gasteiger charge is -2.35. The molecule has 1 aliphatic rings. The van der Waals surface area contributed by atoms with E-state index in [4.69, 9.17) is 0 Å². The molecule has 1 aromatic heterocycles. The number of rotatable bonds is 2. The van der Waals surface area contributed by atoms with Crippen LogP contribution in [0.15, 0.2) is 11.6 Å². The maximum atomic E-state index is 11.6. The minimum Gasteiger partial charge on any atom is -0.392 e. The quantitative estimate of drug-likeness (QED) is 0.846. The fourth-order valence-electron chi connectivity index (χ4n) is 2.05. The van der Waals surface area contributed by atoms with Crippen LogP contribution in [0, 0.1) is 0 Å². The van der Waals surface area contributed by atoms with Gasteiger partial charge >= 0.3 is 0 Å². The molecule has 0 bridgehead atoms. The Labute approximate surface area is 98.9 Å². The van der Waals surface area contributed by atoms with Crippen molar-refractivity contribution in [2.45, 2.75) is 31.8 Å². The van der Waals surface area contributed by atoms with Crippen LogP contribution >= 0.6 is 11.3 Å². The summed E-state index contributed by atoms with van der Waals surface area (Å²) in [5.74, 6) is 0.151. The smallest absolute Gasteiger partial charge is 0.222 e. The molecular formula is C11H16N2O2S. The number of carbonyl (C=O) groups is 1. The largest absolute Gasteiger partial charge is 0.392 e. The third kappa shape index (κ3) is 2.25. The molecule has 2 rings (SSSR count). The minimum atomic E-state index is -0.368. The molecule has 16 heavy (non-hydrogen) atoms. The number of thiazole rings is 1. The molecule has 1 aromatic rings. The molecule has 1 saturated heterocycles. The highest BCUT2D eigenvalue weighted by molar-refractivity contribution is 7.09. The summed E-state index contributed by atoms with van der Waals surface area (Å²) in [5, 5.41) is 12.8. The summed E-state index contributed by atoms with van der Waals surface area (Å²) in [7, 11) is 0. The topological polar surface area (TPSA) is 53.4 Å². The first kappa shape index (κ1) is 11.5. The molecule has 0 saturated carbocycles. The number of nitrogens with zero attached hydrogens (tertiary/aromatic N) is 2. The van der Waals surface area contributed by atoms with Gasteiger partial charge in [-0.05, 0) is 6.42 Å². The molecule has 0 spiro atoms. The van der Waals surface area contributed by atoms with Gasteiger partial charge in [0.1, 0.15) is 0 Å². The zero-order valence-corrected chi connectivity index (χ0v) is 10.1. The second-order valence-corrected chi connectivity index (χ2v) is 4.95. The van der Waals surface area contributed by atoms with E-state index in [0.717, 1.165) is 5.01 Å². The zero-order chi connectivity index (χ0) is 11.5. The molecule has 4 nitrogen and oxygen atoms in total. The van der Waals surface area contributed by atoms with Gasteiger partial charge in [-0.3, -0.25) is 4.79 Å². The van der Waals surface area contributed by atoms with Crippen LogP contribution in [-0.4, -0.2) is 40.1 Å². The molecule has 0 aromatic carbocycles. The number of amides is 1. The Bertz CT molecular complexity index is 353. The third-order valence-corrected chi connectivity index (χ3v) is 3.91. The summed E-state index contributed by atoms with van der Waals surface area (Å²) >= 11 is 1.55. The molecular weight excluding hydrogens is 224 g/mol. The van der Waals surface area contributed by atoms with Gasteiger partial charge in [-0.25, -0.2) is 4.98 Å². The monoisotopic (exact) mass is 240 g/mol. The fourth-order valence-corrected chi connectivity index (χ4v) is 2.84. The predicted octanol–water partition coefficient (Wildman–Crippen LogP) is 1.23. The van der Waals surface area contributed by atoms with Gasteiger partial charge in [0.2, 0.25) is 5.91 Å². The maximum Gasteiger partial charge on any atom is 0.222 e. The van der Waals surface area contributed by atoms with E-state index >= 15 is 0 Å². The molecule has 2 unspecified atom stereocenters. The highest BCUT2D eigenvalue weighted by atomic mass is 32.1. The maximum absolute atomic E-state index is 11.6. The number of hydrogen-bond donors (Lipinski definition) is 1. The van der Waals surface area contributed by atoms with Gasteiger partial charge in [0, 0.05) is 31.1 Å². The average Bonchev–Trinajstić information content (AvgIpc) is 2.82. The van der Waals surface area contributed by atoms with Gasteiger partial charge in [0.05, 0.1) is 17.0 Å². The molecule has 1 fully saturated rings. The number of carbonyl (C=O) groups excluding carboxylic acids is 1. The number of aliphatic hydroxyl groups excluding tert-OH is 1. The van der Waals surface area contributed by atoms with E-state index in [0.29, 0.717) is 25.9 Å². The first-order chi connectivity index (χ1) is 7.72. The lowest BCUT2D eigenvalue weighted by Crippen LogP contribution is -2.44. The lowest BCUT2D eigenvalue weighted by molar-refractivity contribution is -0.133. The van der Waals surface area contributed by atoms with Crippen molar-refractivity contribution < 1.29 is 9.90 Å². The molecule has 0 radical (unpaired) electrons.